The average molecular weight is 353 g/mol. The van der Waals surface area contributed by atoms with E-state index in [4.69, 9.17) is 0 Å². The fourth-order valence-electron chi connectivity index (χ4n) is 6.01. The van der Waals surface area contributed by atoms with Crippen molar-refractivity contribution >= 4 is 0 Å². The van der Waals surface area contributed by atoms with Crippen LogP contribution in [0.1, 0.15) is 109 Å². The highest BCUT2D eigenvalue weighted by Crippen LogP contribution is 2.59. The second kappa shape index (κ2) is 9.80. The normalized spacial score (nSPS) is 21.7. The maximum absolute atomic E-state index is 2.63. The smallest absolute Gasteiger partial charge is 0.0241 e. The first-order valence-electron chi connectivity index (χ1n) is 11.3. The van der Waals surface area contributed by atoms with E-state index in [1.807, 2.05) is 0 Å². The SMILES string of the molecule is CCC(C)C(C)C(C)C(C)(C)C(C)(CC)C(C(C)C)C(CC)C(C)C. The molecule has 0 rings (SSSR count). The highest BCUT2D eigenvalue weighted by atomic mass is 14.6. The van der Waals surface area contributed by atoms with Crippen LogP contribution in [0.5, 0.6) is 0 Å². The van der Waals surface area contributed by atoms with Crippen molar-refractivity contribution in [3.8, 4) is 0 Å². The first kappa shape index (κ1) is 25.0. The van der Waals surface area contributed by atoms with Crippen LogP contribution in [-0.2, 0) is 0 Å². The lowest BCUT2D eigenvalue weighted by Gasteiger charge is -2.58. The summed E-state index contributed by atoms with van der Waals surface area (Å²) < 4.78 is 0. The molecule has 0 amide bonds. The average Bonchev–Trinajstić information content (AvgIpc) is 2.55. The summed E-state index contributed by atoms with van der Waals surface area (Å²) >= 11 is 0. The maximum atomic E-state index is 2.63. The van der Waals surface area contributed by atoms with Crippen molar-refractivity contribution < 1.29 is 0 Å². The van der Waals surface area contributed by atoms with Gasteiger partial charge in [0.25, 0.3) is 0 Å². The Bertz CT molecular complexity index is 364. The second-order valence-electron chi connectivity index (χ2n) is 10.6. The standard InChI is InChI=1S/C25H52/c1-14-19(8)20(9)21(10)24(11,12)25(13,16-3)23(18(6)7)22(15-2)17(4)5/h17-23H,14-16H2,1-13H3. The number of hydrogen-bond donors (Lipinski definition) is 0. The molecule has 0 aliphatic carbocycles. The highest BCUT2D eigenvalue weighted by molar-refractivity contribution is 5.00. The predicted octanol–water partition coefficient (Wildman–Crippen LogP) is 8.70. The first-order chi connectivity index (χ1) is 11.3. The van der Waals surface area contributed by atoms with E-state index in [1.165, 1.54) is 19.3 Å². The molecule has 0 N–H and O–H groups in total. The monoisotopic (exact) mass is 352 g/mol. The summed E-state index contributed by atoms with van der Waals surface area (Å²) in [4.78, 5) is 0. The first-order valence-corrected chi connectivity index (χ1v) is 11.3. The molecule has 25 heavy (non-hydrogen) atoms. The van der Waals surface area contributed by atoms with Crippen molar-refractivity contribution in [1.29, 1.82) is 0 Å². The molecular weight excluding hydrogens is 300 g/mol. The Labute approximate surface area is 161 Å². The molecule has 0 aliphatic rings. The minimum Gasteiger partial charge on any atom is -0.0651 e. The number of hydrogen-bond acceptors (Lipinski definition) is 0. The minimum absolute atomic E-state index is 0.335. The van der Waals surface area contributed by atoms with Gasteiger partial charge in [0.2, 0.25) is 0 Å². The Morgan fingerprint density at radius 3 is 1.44 bits per heavy atom. The molecule has 0 spiro atoms. The Balaban J connectivity index is 6.07. The molecular formula is C25H52. The van der Waals surface area contributed by atoms with E-state index in [0.29, 0.717) is 10.8 Å². The van der Waals surface area contributed by atoms with Crippen LogP contribution >= 0.6 is 0 Å². The van der Waals surface area contributed by atoms with Crippen molar-refractivity contribution in [3.63, 3.8) is 0 Å². The van der Waals surface area contributed by atoms with Gasteiger partial charge in [0.05, 0.1) is 0 Å². The van der Waals surface area contributed by atoms with E-state index in [9.17, 15) is 0 Å². The molecule has 152 valence electrons. The van der Waals surface area contributed by atoms with Gasteiger partial charge < -0.3 is 0 Å². The fraction of sp³-hybridized carbons (Fsp3) is 1.00. The van der Waals surface area contributed by atoms with Crippen LogP contribution in [0, 0.1) is 52.3 Å². The lowest BCUT2D eigenvalue weighted by atomic mass is 9.47. The number of rotatable bonds is 11. The molecule has 0 heteroatoms. The van der Waals surface area contributed by atoms with Gasteiger partial charge in [0, 0.05) is 0 Å². The topological polar surface area (TPSA) is 0 Å². The van der Waals surface area contributed by atoms with Crippen LogP contribution in [0.2, 0.25) is 0 Å². The summed E-state index contributed by atoms with van der Waals surface area (Å²) in [5.74, 6) is 5.42. The van der Waals surface area contributed by atoms with Crippen molar-refractivity contribution in [3.05, 3.63) is 0 Å². The van der Waals surface area contributed by atoms with Gasteiger partial charge in [-0.15, -0.1) is 0 Å². The van der Waals surface area contributed by atoms with E-state index >= 15 is 0 Å². The molecule has 0 radical (unpaired) electrons. The Morgan fingerprint density at radius 2 is 1.16 bits per heavy atom. The molecule has 0 heterocycles. The second-order valence-corrected chi connectivity index (χ2v) is 10.6. The molecule has 0 bridgehead atoms. The zero-order valence-corrected chi connectivity index (χ0v) is 20.2. The minimum atomic E-state index is 0.335. The van der Waals surface area contributed by atoms with E-state index in [2.05, 4.69) is 90.0 Å². The van der Waals surface area contributed by atoms with E-state index in [0.717, 1.165) is 41.4 Å². The van der Waals surface area contributed by atoms with Crippen LogP contribution < -0.4 is 0 Å². The van der Waals surface area contributed by atoms with Gasteiger partial charge in [-0.3, -0.25) is 0 Å². The fourth-order valence-corrected chi connectivity index (χ4v) is 6.01. The van der Waals surface area contributed by atoms with E-state index in [1.54, 1.807) is 0 Å². The molecule has 0 aromatic heterocycles. The summed E-state index contributed by atoms with van der Waals surface area (Å²) in [6.07, 6.45) is 3.88. The van der Waals surface area contributed by atoms with E-state index in [-0.39, 0.29) is 0 Å². The third-order valence-electron chi connectivity index (χ3n) is 8.92. The molecule has 0 fully saturated rings. The van der Waals surface area contributed by atoms with Gasteiger partial charge in [-0.05, 0) is 58.7 Å². The molecule has 0 nitrogen and oxygen atoms in total. The summed E-state index contributed by atoms with van der Waals surface area (Å²) in [6.45, 7) is 32.3. The van der Waals surface area contributed by atoms with Crippen LogP contribution in [0.4, 0.5) is 0 Å². The van der Waals surface area contributed by atoms with Gasteiger partial charge in [-0.2, -0.15) is 0 Å². The Kier molecular flexibility index (Phi) is 9.80. The van der Waals surface area contributed by atoms with Crippen LogP contribution in [-0.4, -0.2) is 0 Å². The van der Waals surface area contributed by atoms with Crippen LogP contribution in [0.25, 0.3) is 0 Å². The summed E-state index contributed by atoms with van der Waals surface area (Å²) in [6, 6.07) is 0. The van der Waals surface area contributed by atoms with Gasteiger partial charge in [-0.1, -0.05) is 103 Å². The molecule has 0 saturated heterocycles. The lowest BCUT2D eigenvalue weighted by Crippen LogP contribution is -2.51. The van der Waals surface area contributed by atoms with Gasteiger partial charge in [0.15, 0.2) is 0 Å². The molecule has 0 aliphatic heterocycles. The molecule has 0 aromatic rings. The largest absolute Gasteiger partial charge is 0.0651 e. The molecule has 6 atom stereocenters. The molecule has 6 unspecified atom stereocenters. The maximum Gasteiger partial charge on any atom is -0.0241 e. The lowest BCUT2D eigenvalue weighted by molar-refractivity contribution is -0.0928. The van der Waals surface area contributed by atoms with Crippen molar-refractivity contribution in [2.45, 2.75) is 109 Å². The predicted molar refractivity (Wildman–Crippen MR) is 117 cm³/mol. The van der Waals surface area contributed by atoms with Crippen LogP contribution in [0.15, 0.2) is 0 Å². The van der Waals surface area contributed by atoms with Gasteiger partial charge in [0.1, 0.15) is 0 Å². The quantitative estimate of drug-likeness (QED) is 0.349. The molecule has 0 saturated carbocycles. The van der Waals surface area contributed by atoms with E-state index < -0.39 is 0 Å². The zero-order valence-electron chi connectivity index (χ0n) is 20.2. The van der Waals surface area contributed by atoms with Crippen molar-refractivity contribution in [2.24, 2.45) is 52.3 Å². The van der Waals surface area contributed by atoms with Gasteiger partial charge >= 0.3 is 0 Å². The van der Waals surface area contributed by atoms with Crippen molar-refractivity contribution in [1.82, 2.24) is 0 Å². The molecule has 0 aromatic carbocycles. The highest BCUT2D eigenvalue weighted by Gasteiger charge is 2.52. The summed E-state index contributed by atoms with van der Waals surface area (Å²) in [7, 11) is 0. The zero-order chi connectivity index (χ0) is 20.2. The summed E-state index contributed by atoms with van der Waals surface area (Å²) in [5, 5.41) is 0. The van der Waals surface area contributed by atoms with Crippen molar-refractivity contribution in [2.75, 3.05) is 0 Å². The summed E-state index contributed by atoms with van der Waals surface area (Å²) in [5.41, 5.74) is 0.703. The Morgan fingerprint density at radius 1 is 0.680 bits per heavy atom. The third-order valence-corrected chi connectivity index (χ3v) is 8.92. The van der Waals surface area contributed by atoms with Gasteiger partial charge in [-0.25, -0.2) is 0 Å². The van der Waals surface area contributed by atoms with Crippen LogP contribution in [0.3, 0.4) is 0 Å². The Hall–Kier alpha value is 0. The third kappa shape index (κ3) is 5.04.